The Bertz CT molecular complexity index is 698. The average molecular weight is 268 g/mol. The third-order valence-electron chi connectivity index (χ3n) is 4.05. The van der Waals surface area contributed by atoms with Gasteiger partial charge in [-0.1, -0.05) is 29.8 Å². The second kappa shape index (κ2) is 4.91. The minimum absolute atomic E-state index is 0.0587. The van der Waals surface area contributed by atoms with E-state index in [0.717, 1.165) is 24.0 Å². The highest BCUT2D eigenvalue weighted by molar-refractivity contribution is 5.38. The van der Waals surface area contributed by atoms with Gasteiger partial charge in [0.2, 0.25) is 0 Å². The highest BCUT2D eigenvalue weighted by Crippen LogP contribution is 2.33. The molecule has 1 aromatic heterocycles. The van der Waals surface area contributed by atoms with Crippen LogP contribution in [0.1, 0.15) is 47.2 Å². The maximum Gasteiger partial charge on any atom is 0.255 e. The molecule has 1 unspecified atom stereocenters. The van der Waals surface area contributed by atoms with Gasteiger partial charge in [0.1, 0.15) is 0 Å². The fourth-order valence-electron chi connectivity index (χ4n) is 2.67. The molecule has 1 aliphatic rings. The first-order valence-corrected chi connectivity index (χ1v) is 7.11. The first kappa shape index (κ1) is 13.1. The van der Waals surface area contributed by atoms with E-state index in [1.54, 1.807) is 0 Å². The molecular formula is C17H20N2O. The van der Waals surface area contributed by atoms with Crippen LogP contribution in [0.2, 0.25) is 0 Å². The molecular weight excluding hydrogens is 248 g/mol. The zero-order chi connectivity index (χ0) is 14.3. The summed E-state index contributed by atoms with van der Waals surface area (Å²) in [5.74, 6) is 0. The van der Waals surface area contributed by atoms with Gasteiger partial charge in [-0.25, -0.2) is 0 Å². The molecule has 0 radical (unpaired) electrons. The molecule has 1 aromatic carbocycles. The van der Waals surface area contributed by atoms with Crippen LogP contribution in [0.25, 0.3) is 0 Å². The first-order chi connectivity index (χ1) is 9.58. The minimum atomic E-state index is -0.353. The largest absolute Gasteiger partial charge is 0.320 e. The highest BCUT2D eigenvalue weighted by atomic mass is 16.1. The molecule has 0 spiro atoms. The van der Waals surface area contributed by atoms with Crippen LogP contribution in [-0.2, 0) is 0 Å². The van der Waals surface area contributed by atoms with Gasteiger partial charge < -0.3 is 10.3 Å². The molecule has 1 atom stereocenters. The number of nitrogens with zero attached hydrogens (tertiary/aromatic N) is 1. The van der Waals surface area contributed by atoms with Gasteiger partial charge in [0, 0.05) is 17.8 Å². The maximum absolute atomic E-state index is 12.5. The van der Waals surface area contributed by atoms with Gasteiger partial charge in [-0.2, -0.15) is 0 Å². The topological polar surface area (TPSA) is 48.0 Å². The van der Waals surface area contributed by atoms with Crippen molar-refractivity contribution in [1.29, 1.82) is 0 Å². The Morgan fingerprint density at radius 1 is 1.20 bits per heavy atom. The normalized spacial score (nSPS) is 16.1. The van der Waals surface area contributed by atoms with Gasteiger partial charge in [0.15, 0.2) is 0 Å². The third kappa shape index (κ3) is 2.29. The molecule has 0 amide bonds. The summed E-state index contributed by atoms with van der Waals surface area (Å²) >= 11 is 0. The molecule has 2 N–H and O–H groups in total. The molecule has 1 heterocycles. The van der Waals surface area contributed by atoms with Crippen LogP contribution in [0.15, 0.2) is 41.3 Å². The van der Waals surface area contributed by atoms with Gasteiger partial charge >= 0.3 is 0 Å². The summed E-state index contributed by atoms with van der Waals surface area (Å²) in [5, 5.41) is 0. The van der Waals surface area contributed by atoms with Crippen LogP contribution in [0.3, 0.4) is 0 Å². The Kier molecular flexibility index (Phi) is 3.22. The number of hydrogen-bond acceptors (Lipinski definition) is 2. The summed E-state index contributed by atoms with van der Waals surface area (Å²) in [7, 11) is 0. The minimum Gasteiger partial charge on any atom is -0.320 e. The van der Waals surface area contributed by atoms with E-state index in [0.29, 0.717) is 11.6 Å². The Labute approximate surface area is 119 Å². The van der Waals surface area contributed by atoms with E-state index in [9.17, 15) is 4.79 Å². The number of pyridine rings is 1. The molecule has 1 aliphatic carbocycles. The molecule has 3 nitrogen and oxygen atoms in total. The standard InChI is InChI=1S/C17H20N2O/c1-11-5-6-12(2)15(10-11)16(18)14-4-3-9-19(17(14)20)13-7-8-13/h3-6,9-10,13,16H,7-8,18H2,1-2H3. The van der Waals surface area contributed by atoms with E-state index in [-0.39, 0.29) is 11.6 Å². The monoisotopic (exact) mass is 268 g/mol. The van der Waals surface area contributed by atoms with Crippen molar-refractivity contribution >= 4 is 0 Å². The highest BCUT2D eigenvalue weighted by Gasteiger charge is 2.26. The van der Waals surface area contributed by atoms with E-state index in [1.807, 2.05) is 36.7 Å². The fraction of sp³-hybridized carbons (Fsp3) is 0.353. The zero-order valence-corrected chi connectivity index (χ0v) is 12.0. The summed E-state index contributed by atoms with van der Waals surface area (Å²) in [6.07, 6.45) is 4.07. The van der Waals surface area contributed by atoms with Crippen LogP contribution in [0.4, 0.5) is 0 Å². The maximum atomic E-state index is 12.5. The van der Waals surface area contributed by atoms with E-state index in [1.165, 1.54) is 5.56 Å². The molecule has 0 aliphatic heterocycles. The molecule has 2 aromatic rings. The lowest BCUT2D eigenvalue weighted by Crippen LogP contribution is -2.28. The van der Waals surface area contributed by atoms with Crippen molar-refractivity contribution in [3.05, 3.63) is 69.1 Å². The Morgan fingerprint density at radius 3 is 2.65 bits per heavy atom. The molecule has 0 saturated heterocycles. The lowest BCUT2D eigenvalue weighted by atomic mass is 9.95. The predicted molar refractivity (Wildman–Crippen MR) is 80.9 cm³/mol. The molecule has 1 saturated carbocycles. The first-order valence-electron chi connectivity index (χ1n) is 7.11. The second-order valence-electron chi connectivity index (χ2n) is 5.74. The van der Waals surface area contributed by atoms with Crippen LogP contribution >= 0.6 is 0 Å². The Balaban J connectivity index is 2.06. The van der Waals surface area contributed by atoms with E-state index >= 15 is 0 Å². The number of benzene rings is 1. The van der Waals surface area contributed by atoms with Crippen molar-refractivity contribution in [1.82, 2.24) is 4.57 Å². The van der Waals surface area contributed by atoms with Crippen molar-refractivity contribution < 1.29 is 0 Å². The smallest absolute Gasteiger partial charge is 0.255 e. The summed E-state index contributed by atoms with van der Waals surface area (Å²) in [6, 6.07) is 10.0. The van der Waals surface area contributed by atoms with Crippen molar-refractivity contribution in [3.8, 4) is 0 Å². The summed E-state index contributed by atoms with van der Waals surface area (Å²) in [4.78, 5) is 12.5. The number of aryl methyl sites for hydroxylation is 2. The van der Waals surface area contributed by atoms with Crippen molar-refractivity contribution in [2.45, 2.75) is 38.8 Å². The Morgan fingerprint density at radius 2 is 1.95 bits per heavy atom. The number of aromatic nitrogens is 1. The number of hydrogen-bond donors (Lipinski definition) is 1. The summed E-state index contributed by atoms with van der Waals surface area (Å²) in [5.41, 5.74) is 10.4. The van der Waals surface area contributed by atoms with Gasteiger partial charge in [0.05, 0.1) is 6.04 Å². The van der Waals surface area contributed by atoms with E-state index in [2.05, 4.69) is 18.2 Å². The van der Waals surface area contributed by atoms with E-state index in [4.69, 9.17) is 5.73 Å². The van der Waals surface area contributed by atoms with Gasteiger partial charge in [-0.3, -0.25) is 4.79 Å². The molecule has 3 rings (SSSR count). The predicted octanol–water partition coefficient (Wildman–Crippen LogP) is 2.85. The summed E-state index contributed by atoms with van der Waals surface area (Å²) in [6.45, 7) is 4.08. The Hall–Kier alpha value is -1.87. The molecule has 20 heavy (non-hydrogen) atoms. The van der Waals surface area contributed by atoms with E-state index < -0.39 is 0 Å². The van der Waals surface area contributed by atoms with Crippen LogP contribution in [0.5, 0.6) is 0 Å². The third-order valence-corrected chi connectivity index (χ3v) is 4.05. The van der Waals surface area contributed by atoms with Gasteiger partial charge in [-0.15, -0.1) is 0 Å². The van der Waals surface area contributed by atoms with Crippen LogP contribution < -0.4 is 11.3 Å². The van der Waals surface area contributed by atoms with Crippen LogP contribution in [0, 0.1) is 13.8 Å². The molecule has 1 fully saturated rings. The quantitative estimate of drug-likeness (QED) is 0.930. The summed E-state index contributed by atoms with van der Waals surface area (Å²) < 4.78 is 1.83. The van der Waals surface area contributed by atoms with Crippen molar-refractivity contribution in [3.63, 3.8) is 0 Å². The lowest BCUT2D eigenvalue weighted by Gasteiger charge is -2.16. The number of rotatable bonds is 3. The molecule has 3 heteroatoms. The van der Waals surface area contributed by atoms with Crippen molar-refractivity contribution in [2.75, 3.05) is 0 Å². The fourth-order valence-corrected chi connectivity index (χ4v) is 2.67. The second-order valence-corrected chi connectivity index (χ2v) is 5.74. The van der Waals surface area contributed by atoms with Gasteiger partial charge in [0.25, 0.3) is 5.56 Å². The molecule has 104 valence electrons. The van der Waals surface area contributed by atoms with Crippen LogP contribution in [-0.4, -0.2) is 4.57 Å². The average Bonchev–Trinajstić information content (AvgIpc) is 3.25. The van der Waals surface area contributed by atoms with Gasteiger partial charge in [-0.05, 0) is 43.9 Å². The molecule has 0 bridgehead atoms. The zero-order valence-electron chi connectivity index (χ0n) is 12.0. The SMILES string of the molecule is Cc1ccc(C)c(C(N)c2cccn(C3CC3)c2=O)c1. The lowest BCUT2D eigenvalue weighted by molar-refractivity contribution is 0.684. The number of nitrogens with two attached hydrogens (primary N) is 1. The van der Waals surface area contributed by atoms with Crippen molar-refractivity contribution in [2.24, 2.45) is 5.73 Å².